The van der Waals surface area contributed by atoms with Crippen LogP contribution in [-0.2, 0) is 17.8 Å². The van der Waals surface area contributed by atoms with Crippen LogP contribution in [0.2, 0.25) is 0 Å². The van der Waals surface area contributed by atoms with Gasteiger partial charge in [0.1, 0.15) is 11.6 Å². The lowest BCUT2D eigenvalue weighted by atomic mass is 9.90. The Morgan fingerprint density at radius 2 is 1.73 bits per heavy atom. The molecule has 1 amide bonds. The second kappa shape index (κ2) is 10.7. The van der Waals surface area contributed by atoms with Gasteiger partial charge >= 0.3 is 0 Å². The molecular formula is C26H29N5O2. The van der Waals surface area contributed by atoms with E-state index in [2.05, 4.69) is 20.9 Å². The molecule has 7 nitrogen and oxygen atoms in total. The standard InChI is InChI=1S/C26H29N5O2/c27-26(33)22-17-30-25(15-23(22)29-16-19-4-2-1-3-5-19)31-21-8-6-18(7-9-21)14-24(32)20-10-12-28-13-11-20/h1-9,15,17,20,28H,10-14,16H2,(H2,27,33)(H2,29,30,31). The molecule has 0 aliphatic carbocycles. The van der Waals surface area contributed by atoms with E-state index in [4.69, 9.17) is 5.73 Å². The molecule has 7 heteroatoms. The summed E-state index contributed by atoms with van der Waals surface area (Å²) in [6, 6.07) is 19.5. The molecule has 170 valence electrons. The third kappa shape index (κ3) is 6.17. The van der Waals surface area contributed by atoms with Crippen molar-refractivity contribution in [3.05, 3.63) is 83.6 Å². The fourth-order valence-electron chi connectivity index (χ4n) is 4.00. The van der Waals surface area contributed by atoms with E-state index in [1.165, 1.54) is 6.20 Å². The summed E-state index contributed by atoms with van der Waals surface area (Å²) in [4.78, 5) is 28.7. The first kappa shape index (κ1) is 22.5. The number of nitrogens with two attached hydrogens (primary N) is 1. The van der Waals surface area contributed by atoms with E-state index in [0.29, 0.717) is 35.8 Å². The average Bonchev–Trinajstić information content (AvgIpc) is 2.85. The summed E-state index contributed by atoms with van der Waals surface area (Å²) in [5.41, 5.74) is 9.43. The second-order valence-corrected chi connectivity index (χ2v) is 8.31. The lowest BCUT2D eigenvalue weighted by Crippen LogP contribution is -2.32. The van der Waals surface area contributed by atoms with Crippen LogP contribution in [0.4, 0.5) is 17.2 Å². The number of hydrogen-bond acceptors (Lipinski definition) is 6. The number of nitrogens with one attached hydrogen (secondary N) is 3. The Bertz CT molecular complexity index is 1090. The van der Waals surface area contributed by atoms with Gasteiger partial charge in [0, 0.05) is 36.8 Å². The van der Waals surface area contributed by atoms with E-state index in [0.717, 1.165) is 42.7 Å². The van der Waals surface area contributed by atoms with Crippen LogP contribution in [0.3, 0.4) is 0 Å². The van der Waals surface area contributed by atoms with E-state index in [1.807, 2.05) is 54.6 Å². The van der Waals surface area contributed by atoms with Crippen LogP contribution in [0.1, 0.15) is 34.3 Å². The van der Waals surface area contributed by atoms with Gasteiger partial charge in [0.2, 0.25) is 0 Å². The maximum atomic E-state index is 12.5. The topological polar surface area (TPSA) is 109 Å². The quantitative estimate of drug-likeness (QED) is 0.402. The molecule has 1 aliphatic heterocycles. The van der Waals surface area contributed by atoms with Crippen molar-refractivity contribution < 1.29 is 9.59 Å². The Kier molecular flexibility index (Phi) is 7.32. The Labute approximate surface area is 193 Å². The van der Waals surface area contributed by atoms with Crippen LogP contribution in [0, 0.1) is 5.92 Å². The average molecular weight is 444 g/mol. The molecular weight excluding hydrogens is 414 g/mol. The number of anilines is 3. The molecule has 5 N–H and O–H groups in total. The van der Waals surface area contributed by atoms with Crippen LogP contribution in [0.25, 0.3) is 0 Å². The zero-order valence-electron chi connectivity index (χ0n) is 18.5. The molecule has 3 aromatic rings. The number of Topliss-reactive ketones (excluding diaryl/α,β-unsaturated/α-hetero) is 1. The number of aromatic nitrogens is 1. The van der Waals surface area contributed by atoms with Gasteiger partial charge in [-0.3, -0.25) is 9.59 Å². The molecule has 1 aromatic heterocycles. The summed E-state index contributed by atoms with van der Waals surface area (Å²) in [7, 11) is 0. The van der Waals surface area contributed by atoms with Crippen molar-refractivity contribution >= 4 is 28.9 Å². The molecule has 1 aliphatic rings. The molecule has 0 atom stereocenters. The van der Waals surface area contributed by atoms with Crippen LogP contribution >= 0.6 is 0 Å². The number of amides is 1. The minimum absolute atomic E-state index is 0.166. The summed E-state index contributed by atoms with van der Waals surface area (Å²) in [5.74, 6) is 0.537. The van der Waals surface area contributed by atoms with Crippen molar-refractivity contribution in [3.8, 4) is 0 Å². The molecule has 0 radical (unpaired) electrons. The lowest BCUT2D eigenvalue weighted by molar-refractivity contribution is -0.122. The number of primary amides is 1. The molecule has 4 rings (SSSR count). The van der Waals surface area contributed by atoms with Crippen LogP contribution in [0.15, 0.2) is 66.9 Å². The molecule has 33 heavy (non-hydrogen) atoms. The number of nitrogens with zero attached hydrogens (tertiary/aromatic N) is 1. The smallest absolute Gasteiger partial charge is 0.252 e. The highest BCUT2D eigenvalue weighted by atomic mass is 16.1. The SMILES string of the molecule is NC(=O)c1cnc(Nc2ccc(CC(=O)C3CCNCC3)cc2)cc1NCc1ccccc1. The molecule has 1 saturated heterocycles. The Hall–Kier alpha value is -3.71. The van der Waals surface area contributed by atoms with Gasteiger partial charge < -0.3 is 21.7 Å². The summed E-state index contributed by atoms with van der Waals surface area (Å²) >= 11 is 0. The third-order valence-corrected chi connectivity index (χ3v) is 5.89. The molecule has 1 fully saturated rings. The zero-order valence-corrected chi connectivity index (χ0v) is 18.5. The van der Waals surface area contributed by atoms with Gasteiger partial charge in [-0.2, -0.15) is 0 Å². The van der Waals surface area contributed by atoms with Gasteiger partial charge in [0.25, 0.3) is 5.91 Å². The summed E-state index contributed by atoms with van der Waals surface area (Å²) in [6.07, 6.45) is 3.78. The van der Waals surface area contributed by atoms with Gasteiger partial charge in [-0.1, -0.05) is 42.5 Å². The van der Waals surface area contributed by atoms with E-state index in [9.17, 15) is 9.59 Å². The van der Waals surface area contributed by atoms with Gasteiger partial charge in [-0.05, 0) is 49.2 Å². The first-order chi connectivity index (χ1) is 16.1. The number of piperidine rings is 1. The highest BCUT2D eigenvalue weighted by molar-refractivity contribution is 5.98. The lowest BCUT2D eigenvalue weighted by Gasteiger charge is -2.21. The predicted molar refractivity (Wildman–Crippen MR) is 131 cm³/mol. The number of rotatable bonds is 9. The molecule has 0 unspecified atom stereocenters. The number of benzene rings is 2. The molecule has 2 aromatic carbocycles. The molecule has 0 saturated carbocycles. The Morgan fingerprint density at radius 3 is 2.42 bits per heavy atom. The monoisotopic (exact) mass is 443 g/mol. The highest BCUT2D eigenvalue weighted by Crippen LogP contribution is 2.23. The van der Waals surface area contributed by atoms with Crippen molar-refractivity contribution in [2.24, 2.45) is 11.7 Å². The third-order valence-electron chi connectivity index (χ3n) is 5.89. The first-order valence-electron chi connectivity index (χ1n) is 11.3. The number of hydrogen-bond donors (Lipinski definition) is 4. The van der Waals surface area contributed by atoms with Crippen molar-refractivity contribution in [2.45, 2.75) is 25.8 Å². The van der Waals surface area contributed by atoms with Crippen molar-refractivity contribution in [1.82, 2.24) is 10.3 Å². The van der Waals surface area contributed by atoms with Gasteiger partial charge in [-0.15, -0.1) is 0 Å². The second-order valence-electron chi connectivity index (χ2n) is 8.31. The van der Waals surface area contributed by atoms with Crippen molar-refractivity contribution in [1.29, 1.82) is 0 Å². The van der Waals surface area contributed by atoms with E-state index >= 15 is 0 Å². The molecule has 2 heterocycles. The van der Waals surface area contributed by atoms with Crippen LogP contribution in [-0.4, -0.2) is 29.8 Å². The fourth-order valence-corrected chi connectivity index (χ4v) is 4.00. The number of carbonyl (C=O) groups excluding carboxylic acids is 2. The fraction of sp³-hybridized carbons (Fsp3) is 0.269. The minimum atomic E-state index is -0.535. The Morgan fingerprint density at radius 1 is 1.00 bits per heavy atom. The first-order valence-corrected chi connectivity index (χ1v) is 11.3. The van der Waals surface area contributed by atoms with E-state index in [1.54, 1.807) is 6.07 Å². The normalized spacial score (nSPS) is 13.9. The van der Waals surface area contributed by atoms with Crippen molar-refractivity contribution in [2.75, 3.05) is 23.7 Å². The predicted octanol–water partition coefficient (Wildman–Crippen LogP) is 3.65. The molecule has 0 bridgehead atoms. The Balaban J connectivity index is 1.41. The van der Waals surface area contributed by atoms with Crippen LogP contribution < -0.4 is 21.7 Å². The largest absolute Gasteiger partial charge is 0.380 e. The summed E-state index contributed by atoms with van der Waals surface area (Å²) in [5, 5.41) is 9.83. The van der Waals surface area contributed by atoms with Crippen LogP contribution in [0.5, 0.6) is 0 Å². The molecule has 0 spiro atoms. The number of carbonyl (C=O) groups is 2. The van der Waals surface area contributed by atoms with Gasteiger partial charge in [-0.25, -0.2) is 4.98 Å². The zero-order chi connectivity index (χ0) is 23.0. The summed E-state index contributed by atoms with van der Waals surface area (Å²) in [6.45, 7) is 2.40. The van der Waals surface area contributed by atoms with Gasteiger partial charge in [0.05, 0.1) is 11.3 Å². The van der Waals surface area contributed by atoms with E-state index < -0.39 is 5.91 Å². The maximum absolute atomic E-state index is 12.5. The summed E-state index contributed by atoms with van der Waals surface area (Å²) < 4.78 is 0. The minimum Gasteiger partial charge on any atom is -0.380 e. The highest BCUT2D eigenvalue weighted by Gasteiger charge is 2.20. The number of pyridine rings is 1. The maximum Gasteiger partial charge on any atom is 0.252 e. The van der Waals surface area contributed by atoms with Crippen molar-refractivity contribution in [3.63, 3.8) is 0 Å². The number of ketones is 1. The van der Waals surface area contributed by atoms with E-state index in [-0.39, 0.29) is 5.92 Å². The van der Waals surface area contributed by atoms with Gasteiger partial charge in [0.15, 0.2) is 0 Å².